The largest absolute Gasteiger partial charge is 0.325 e. The summed E-state index contributed by atoms with van der Waals surface area (Å²) in [7, 11) is 0. The van der Waals surface area contributed by atoms with Crippen LogP contribution in [0.3, 0.4) is 0 Å². The second-order valence-electron chi connectivity index (χ2n) is 6.23. The van der Waals surface area contributed by atoms with Crippen molar-refractivity contribution in [3.05, 3.63) is 84.2 Å². The standard InChI is InChI=1S/C20H18N4O2/c25-19-18(13-15-5-2-1-3-6-15)22-20(26)23(19)14-16-7-9-17(10-8-16)24-12-4-11-21-24/h1-12,18H,13-14H2,(H,22,26). The Balaban J connectivity index is 1.44. The Kier molecular flexibility index (Phi) is 4.23. The number of hydrogen-bond donors (Lipinski definition) is 1. The van der Waals surface area contributed by atoms with E-state index in [9.17, 15) is 9.59 Å². The number of imide groups is 1. The minimum absolute atomic E-state index is 0.185. The third-order valence-corrected chi connectivity index (χ3v) is 4.44. The lowest BCUT2D eigenvalue weighted by atomic mass is 10.1. The maximum Gasteiger partial charge on any atom is 0.325 e. The SMILES string of the molecule is O=C1NC(Cc2ccccc2)C(=O)N1Cc1ccc(-n2cccn2)cc1. The smallest absolute Gasteiger partial charge is 0.325 e. The Bertz CT molecular complexity index is 905. The fraction of sp³-hybridized carbons (Fsp3) is 0.150. The van der Waals surface area contributed by atoms with Crippen molar-refractivity contribution in [3.8, 4) is 5.69 Å². The van der Waals surface area contributed by atoms with Crippen molar-refractivity contribution in [2.45, 2.75) is 19.0 Å². The molecular weight excluding hydrogens is 328 g/mol. The van der Waals surface area contributed by atoms with Crippen molar-refractivity contribution < 1.29 is 9.59 Å². The van der Waals surface area contributed by atoms with Crippen LogP contribution in [0.4, 0.5) is 4.79 Å². The number of nitrogens with zero attached hydrogens (tertiary/aromatic N) is 3. The van der Waals surface area contributed by atoms with E-state index >= 15 is 0 Å². The van der Waals surface area contributed by atoms with Gasteiger partial charge in [0.25, 0.3) is 5.91 Å². The molecular formula is C20H18N4O2. The van der Waals surface area contributed by atoms with Crippen LogP contribution in [0.1, 0.15) is 11.1 Å². The van der Waals surface area contributed by atoms with Crippen molar-refractivity contribution in [1.82, 2.24) is 20.0 Å². The van der Waals surface area contributed by atoms with E-state index in [0.29, 0.717) is 6.42 Å². The summed E-state index contributed by atoms with van der Waals surface area (Å²) in [5.74, 6) is -0.185. The van der Waals surface area contributed by atoms with Crippen LogP contribution in [0.25, 0.3) is 5.69 Å². The minimum atomic E-state index is -0.506. The molecule has 0 radical (unpaired) electrons. The third kappa shape index (κ3) is 3.21. The average Bonchev–Trinajstić information content (AvgIpc) is 3.28. The molecule has 1 saturated heterocycles. The van der Waals surface area contributed by atoms with Gasteiger partial charge in [0.2, 0.25) is 0 Å². The zero-order valence-electron chi connectivity index (χ0n) is 14.1. The number of benzene rings is 2. The number of nitrogens with one attached hydrogen (secondary N) is 1. The molecule has 1 atom stereocenters. The van der Waals surface area contributed by atoms with Crippen LogP contribution in [0, 0.1) is 0 Å². The maximum absolute atomic E-state index is 12.6. The molecule has 3 aromatic rings. The summed E-state index contributed by atoms with van der Waals surface area (Å²) in [5.41, 5.74) is 2.85. The number of hydrogen-bond acceptors (Lipinski definition) is 3. The topological polar surface area (TPSA) is 67.2 Å². The summed E-state index contributed by atoms with van der Waals surface area (Å²) >= 11 is 0. The van der Waals surface area contributed by atoms with Gasteiger partial charge in [-0.2, -0.15) is 5.10 Å². The quantitative estimate of drug-likeness (QED) is 0.722. The van der Waals surface area contributed by atoms with Gasteiger partial charge in [0.1, 0.15) is 6.04 Å². The van der Waals surface area contributed by atoms with Crippen LogP contribution in [0.5, 0.6) is 0 Å². The molecule has 3 amide bonds. The molecule has 0 saturated carbocycles. The monoisotopic (exact) mass is 346 g/mol. The summed E-state index contributed by atoms with van der Waals surface area (Å²) in [4.78, 5) is 26.1. The van der Waals surface area contributed by atoms with Gasteiger partial charge in [0.05, 0.1) is 12.2 Å². The lowest BCUT2D eigenvalue weighted by Gasteiger charge is -2.13. The van der Waals surface area contributed by atoms with Gasteiger partial charge in [0.15, 0.2) is 0 Å². The van der Waals surface area contributed by atoms with Crippen LogP contribution in [-0.4, -0.2) is 32.7 Å². The highest BCUT2D eigenvalue weighted by molar-refractivity contribution is 6.04. The Morgan fingerprint density at radius 3 is 2.38 bits per heavy atom. The predicted octanol–water partition coefficient (Wildman–Crippen LogP) is 2.54. The molecule has 1 fully saturated rings. The number of carbonyl (C=O) groups excluding carboxylic acids is 2. The first kappa shape index (κ1) is 16.1. The fourth-order valence-corrected chi connectivity index (χ4v) is 3.07. The van der Waals surface area contributed by atoms with E-state index in [2.05, 4.69) is 10.4 Å². The molecule has 0 aliphatic carbocycles. The fourth-order valence-electron chi connectivity index (χ4n) is 3.07. The highest BCUT2D eigenvalue weighted by atomic mass is 16.2. The summed E-state index contributed by atoms with van der Waals surface area (Å²) in [6.07, 6.45) is 4.08. The second-order valence-corrected chi connectivity index (χ2v) is 6.23. The normalized spacial score (nSPS) is 16.8. The molecule has 0 bridgehead atoms. The number of aromatic nitrogens is 2. The highest BCUT2D eigenvalue weighted by Gasteiger charge is 2.37. The molecule has 4 rings (SSSR count). The summed E-state index contributed by atoms with van der Waals surface area (Å²) in [5, 5.41) is 6.96. The summed E-state index contributed by atoms with van der Waals surface area (Å²) < 4.78 is 1.76. The number of carbonyl (C=O) groups is 2. The van der Waals surface area contributed by atoms with Crippen LogP contribution in [0.2, 0.25) is 0 Å². The zero-order chi connectivity index (χ0) is 17.9. The van der Waals surface area contributed by atoms with Crippen molar-refractivity contribution in [3.63, 3.8) is 0 Å². The molecule has 26 heavy (non-hydrogen) atoms. The van der Waals surface area contributed by atoms with E-state index in [1.165, 1.54) is 4.90 Å². The van der Waals surface area contributed by atoms with Crippen LogP contribution >= 0.6 is 0 Å². The Labute approximate surface area is 151 Å². The van der Waals surface area contributed by atoms with E-state index in [-0.39, 0.29) is 18.5 Å². The lowest BCUT2D eigenvalue weighted by molar-refractivity contribution is -0.127. The van der Waals surface area contributed by atoms with E-state index < -0.39 is 6.04 Å². The van der Waals surface area contributed by atoms with Crippen LogP contribution < -0.4 is 5.32 Å². The maximum atomic E-state index is 12.6. The molecule has 1 aliphatic heterocycles. The number of urea groups is 1. The molecule has 130 valence electrons. The number of amides is 3. The zero-order valence-corrected chi connectivity index (χ0v) is 14.1. The summed E-state index contributed by atoms with van der Waals surface area (Å²) in [6.45, 7) is 0.259. The third-order valence-electron chi connectivity index (χ3n) is 4.44. The molecule has 1 N–H and O–H groups in total. The van der Waals surface area contributed by atoms with Crippen LogP contribution in [0.15, 0.2) is 73.1 Å². The first-order valence-corrected chi connectivity index (χ1v) is 8.45. The van der Waals surface area contributed by atoms with Crippen molar-refractivity contribution in [1.29, 1.82) is 0 Å². The second kappa shape index (κ2) is 6.84. The van der Waals surface area contributed by atoms with Gasteiger partial charge in [-0.25, -0.2) is 9.48 Å². The molecule has 1 unspecified atom stereocenters. The van der Waals surface area contributed by atoms with Gasteiger partial charge in [-0.05, 0) is 29.3 Å². The van der Waals surface area contributed by atoms with Gasteiger partial charge in [-0.1, -0.05) is 42.5 Å². The van der Waals surface area contributed by atoms with E-state index in [0.717, 1.165) is 16.8 Å². The van der Waals surface area contributed by atoms with E-state index in [4.69, 9.17) is 0 Å². The highest BCUT2D eigenvalue weighted by Crippen LogP contribution is 2.16. The summed E-state index contributed by atoms with van der Waals surface area (Å²) in [6, 6.07) is 18.3. The van der Waals surface area contributed by atoms with Gasteiger partial charge < -0.3 is 5.32 Å². The minimum Gasteiger partial charge on any atom is -0.325 e. The molecule has 2 aromatic carbocycles. The van der Waals surface area contributed by atoms with Crippen molar-refractivity contribution >= 4 is 11.9 Å². The Morgan fingerprint density at radius 2 is 1.69 bits per heavy atom. The van der Waals surface area contributed by atoms with E-state index in [1.54, 1.807) is 10.9 Å². The molecule has 2 heterocycles. The van der Waals surface area contributed by atoms with E-state index in [1.807, 2.05) is 66.9 Å². The van der Waals surface area contributed by atoms with Gasteiger partial charge >= 0.3 is 6.03 Å². The van der Waals surface area contributed by atoms with Gasteiger partial charge in [-0.15, -0.1) is 0 Å². The Hall–Kier alpha value is -3.41. The molecule has 6 nitrogen and oxygen atoms in total. The molecule has 1 aromatic heterocycles. The molecule has 6 heteroatoms. The van der Waals surface area contributed by atoms with Crippen LogP contribution in [-0.2, 0) is 17.8 Å². The van der Waals surface area contributed by atoms with Crippen molar-refractivity contribution in [2.24, 2.45) is 0 Å². The first-order valence-electron chi connectivity index (χ1n) is 8.45. The first-order chi connectivity index (χ1) is 12.7. The Morgan fingerprint density at radius 1 is 0.923 bits per heavy atom. The lowest BCUT2D eigenvalue weighted by Crippen LogP contribution is -2.32. The predicted molar refractivity (Wildman–Crippen MR) is 96.6 cm³/mol. The van der Waals surface area contributed by atoms with Crippen molar-refractivity contribution in [2.75, 3.05) is 0 Å². The molecule has 0 spiro atoms. The molecule has 1 aliphatic rings. The van der Waals surface area contributed by atoms with Gasteiger partial charge in [0, 0.05) is 18.8 Å². The number of rotatable bonds is 5. The van der Waals surface area contributed by atoms with Gasteiger partial charge in [-0.3, -0.25) is 9.69 Å². The average molecular weight is 346 g/mol.